The van der Waals surface area contributed by atoms with Crippen LogP contribution < -0.4 is 5.32 Å². The van der Waals surface area contributed by atoms with Gasteiger partial charge < -0.3 is 15.3 Å². The number of aryl methyl sites for hydroxylation is 1. The Kier molecular flexibility index (Phi) is 4.14. The second-order valence-corrected chi connectivity index (χ2v) is 8.95. The number of carboxylic acid groups (broad SMARTS) is 1. The van der Waals surface area contributed by atoms with Gasteiger partial charge in [0, 0.05) is 10.3 Å². The molecule has 0 bridgehead atoms. The van der Waals surface area contributed by atoms with Gasteiger partial charge in [-0.15, -0.1) is 11.8 Å². The number of hydrogen-bond acceptors (Lipinski definition) is 5. The van der Waals surface area contributed by atoms with Crippen LogP contribution in [0.1, 0.15) is 36.7 Å². The molecule has 0 aromatic heterocycles. The summed E-state index contributed by atoms with van der Waals surface area (Å²) in [5.41, 5.74) is -0.417. The quantitative estimate of drug-likeness (QED) is 0.604. The van der Waals surface area contributed by atoms with Crippen LogP contribution in [-0.4, -0.2) is 55.3 Å². The lowest BCUT2D eigenvalue weighted by Crippen LogP contribution is -2.82. The molecule has 2 saturated heterocycles. The monoisotopic (exact) mass is 376 g/mol. The lowest BCUT2D eigenvalue weighted by Gasteiger charge is -2.51. The molecule has 2 heterocycles. The van der Waals surface area contributed by atoms with Crippen LogP contribution in [-0.2, 0) is 14.4 Å². The number of hydrogen-bond donors (Lipinski definition) is 2. The number of rotatable bonds is 4. The van der Waals surface area contributed by atoms with Crippen molar-refractivity contribution in [3.63, 3.8) is 0 Å². The molecule has 2 N–H and O–H groups in total. The molecule has 8 heteroatoms. The van der Waals surface area contributed by atoms with E-state index < -0.39 is 45.3 Å². The lowest BCUT2D eigenvalue weighted by molar-refractivity contribution is -0.170. The van der Waals surface area contributed by atoms with Crippen LogP contribution in [0.5, 0.6) is 0 Å². The van der Waals surface area contributed by atoms with Crippen molar-refractivity contribution in [2.75, 3.05) is 0 Å². The second-order valence-electron chi connectivity index (χ2n) is 7.21. The van der Waals surface area contributed by atoms with E-state index in [4.69, 9.17) is 0 Å². The van der Waals surface area contributed by atoms with E-state index in [1.54, 1.807) is 38.1 Å². The molecule has 0 radical (unpaired) electrons. The fraction of sp³-hybridized carbons (Fsp3) is 0.444. The highest BCUT2D eigenvalue weighted by Gasteiger charge is 2.74. The molecule has 2 fully saturated rings. The molecule has 0 saturated carbocycles. The maximum Gasteiger partial charge on any atom is 0.327 e. The van der Waals surface area contributed by atoms with E-state index >= 15 is 0 Å². The molecule has 1 aromatic rings. The van der Waals surface area contributed by atoms with Gasteiger partial charge in [0.1, 0.15) is 11.4 Å². The summed E-state index contributed by atoms with van der Waals surface area (Å²) >= 11 is 1.22. The Labute approximate surface area is 155 Å². The van der Waals surface area contributed by atoms with E-state index in [1.165, 1.54) is 23.6 Å². The van der Waals surface area contributed by atoms with Gasteiger partial charge >= 0.3 is 5.97 Å². The van der Waals surface area contributed by atoms with Crippen LogP contribution in [0.2, 0.25) is 0 Å². The number of benzene rings is 1. The molecule has 1 unspecified atom stereocenters. The number of nitrogens with zero attached hydrogens (tertiary/aromatic N) is 1. The van der Waals surface area contributed by atoms with Gasteiger partial charge in [0.15, 0.2) is 5.78 Å². The van der Waals surface area contributed by atoms with Gasteiger partial charge in [-0.05, 0) is 39.8 Å². The van der Waals surface area contributed by atoms with Gasteiger partial charge in [0.2, 0.25) is 5.54 Å². The Morgan fingerprint density at radius 1 is 1.19 bits per heavy atom. The molecule has 26 heavy (non-hydrogen) atoms. The Bertz CT molecular complexity index is 819. The van der Waals surface area contributed by atoms with Crippen molar-refractivity contribution in [3.8, 4) is 0 Å². The van der Waals surface area contributed by atoms with Crippen molar-refractivity contribution in [1.82, 2.24) is 10.2 Å². The fourth-order valence-electron chi connectivity index (χ4n) is 3.54. The molecule has 3 rings (SSSR count). The van der Waals surface area contributed by atoms with Crippen LogP contribution in [0.25, 0.3) is 0 Å². The number of carbonyl (C=O) groups excluding carboxylic acids is 3. The number of nitrogens with one attached hydrogen (secondary N) is 1. The maximum atomic E-state index is 12.8. The lowest BCUT2D eigenvalue weighted by atomic mass is 9.81. The second kappa shape index (κ2) is 5.84. The molecule has 1 aromatic carbocycles. The summed E-state index contributed by atoms with van der Waals surface area (Å²) in [4.78, 5) is 50.7. The van der Waals surface area contributed by atoms with Crippen LogP contribution in [0, 0.1) is 6.92 Å². The van der Waals surface area contributed by atoms with Gasteiger partial charge in [0.25, 0.3) is 11.8 Å². The average Bonchev–Trinajstić information content (AvgIpc) is 2.81. The SMILES string of the molecule is CC(=O)C1(NC(=O)c2ccc(C)cc2)C(=O)N2[C@@H](C(=O)O)C(C)(C)S[C@@H]21. The minimum atomic E-state index is -1.73. The van der Waals surface area contributed by atoms with Crippen molar-refractivity contribution in [2.24, 2.45) is 0 Å². The van der Waals surface area contributed by atoms with E-state index in [-0.39, 0.29) is 0 Å². The van der Waals surface area contributed by atoms with Crippen LogP contribution >= 0.6 is 11.8 Å². The number of carbonyl (C=O) groups is 4. The van der Waals surface area contributed by atoms with Crippen molar-refractivity contribution in [3.05, 3.63) is 35.4 Å². The number of fused-ring (bicyclic) bond motifs is 1. The minimum Gasteiger partial charge on any atom is -0.480 e. The third-order valence-corrected chi connectivity index (χ3v) is 6.60. The molecule has 2 aliphatic rings. The number of aliphatic carboxylic acids is 1. The number of Topliss-reactive ketones (excluding diaryl/α,β-unsaturated/α-hetero) is 1. The van der Waals surface area contributed by atoms with Crippen molar-refractivity contribution >= 4 is 35.3 Å². The summed E-state index contributed by atoms with van der Waals surface area (Å²) in [5, 5.41) is 11.4. The fourth-order valence-corrected chi connectivity index (χ4v) is 5.30. The third kappa shape index (κ3) is 2.43. The maximum absolute atomic E-state index is 12.8. The molecule has 2 aliphatic heterocycles. The highest BCUT2D eigenvalue weighted by molar-refractivity contribution is 8.01. The van der Waals surface area contributed by atoms with Gasteiger partial charge in [-0.1, -0.05) is 17.7 Å². The molecule has 0 aliphatic carbocycles. The summed E-state index contributed by atoms with van der Waals surface area (Å²) < 4.78 is -0.780. The van der Waals surface area contributed by atoms with Gasteiger partial charge in [0.05, 0.1) is 0 Å². The van der Waals surface area contributed by atoms with Gasteiger partial charge in [-0.3, -0.25) is 14.4 Å². The first-order valence-corrected chi connectivity index (χ1v) is 9.04. The normalized spacial score (nSPS) is 28.9. The Hall–Kier alpha value is -2.35. The third-order valence-electron chi connectivity index (χ3n) is 4.96. The van der Waals surface area contributed by atoms with E-state index in [2.05, 4.69) is 5.32 Å². The predicted octanol–water partition coefficient (Wildman–Crippen LogP) is 1.20. The summed E-state index contributed by atoms with van der Waals surface area (Å²) in [7, 11) is 0. The zero-order valence-corrected chi connectivity index (χ0v) is 15.7. The van der Waals surface area contributed by atoms with E-state index in [0.717, 1.165) is 5.56 Å². The van der Waals surface area contributed by atoms with Gasteiger partial charge in [-0.2, -0.15) is 0 Å². The van der Waals surface area contributed by atoms with Crippen molar-refractivity contribution < 1.29 is 24.3 Å². The van der Waals surface area contributed by atoms with Gasteiger partial charge in [-0.25, -0.2) is 4.79 Å². The smallest absolute Gasteiger partial charge is 0.327 e. The number of thioether (sulfide) groups is 1. The zero-order chi connectivity index (χ0) is 19.4. The largest absolute Gasteiger partial charge is 0.480 e. The average molecular weight is 376 g/mol. The highest BCUT2D eigenvalue weighted by Crippen LogP contribution is 2.55. The van der Waals surface area contributed by atoms with Crippen LogP contribution in [0.15, 0.2) is 24.3 Å². The highest BCUT2D eigenvalue weighted by atomic mass is 32.2. The van der Waals surface area contributed by atoms with E-state index in [1.807, 2.05) is 6.92 Å². The summed E-state index contributed by atoms with van der Waals surface area (Å²) in [5.74, 6) is -2.83. The standard InChI is InChI=1S/C18H20N2O5S/c1-9-5-7-11(8-6-9)13(22)19-18(10(2)21)15(25)20-12(14(23)24)17(3,4)26-16(18)20/h5-8,12,16H,1-4H3,(H,19,22)(H,23,24)/t12-,16+,18?/m0/s1. The topological polar surface area (TPSA) is 104 Å². The van der Waals surface area contributed by atoms with Crippen molar-refractivity contribution in [2.45, 2.75) is 49.4 Å². The Morgan fingerprint density at radius 3 is 2.27 bits per heavy atom. The molecule has 3 atom stereocenters. The first-order valence-electron chi connectivity index (χ1n) is 8.16. The summed E-state index contributed by atoms with van der Waals surface area (Å²) in [6, 6.07) is 5.71. The molecule has 2 amide bonds. The molecule has 138 valence electrons. The number of ketones is 1. The minimum absolute atomic E-state index is 0.333. The molecule has 0 spiro atoms. The molecular formula is C18H20N2O5S. The first kappa shape index (κ1) is 18.4. The van der Waals surface area contributed by atoms with Crippen LogP contribution in [0.4, 0.5) is 0 Å². The first-order chi connectivity index (χ1) is 12.0. The Balaban J connectivity index is 1.94. The summed E-state index contributed by atoms with van der Waals surface area (Å²) in [6.45, 7) is 6.56. The van der Waals surface area contributed by atoms with E-state index in [0.29, 0.717) is 5.56 Å². The zero-order valence-electron chi connectivity index (χ0n) is 14.9. The van der Waals surface area contributed by atoms with Crippen molar-refractivity contribution in [1.29, 1.82) is 0 Å². The van der Waals surface area contributed by atoms with E-state index in [9.17, 15) is 24.3 Å². The molecular weight excluding hydrogens is 356 g/mol. The molecule has 7 nitrogen and oxygen atoms in total. The Morgan fingerprint density at radius 2 is 1.77 bits per heavy atom. The number of carboxylic acids is 1. The van der Waals surface area contributed by atoms with Crippen LogP contribution in [0.3, 0.4) is 0 Å². The summed E-state index contributed by atoms with van der Waals surface area (Å²) in [6.07, 6.45) is 0. The predicted molar refractivity (Wildman–Crippen MR) is 95.8 cm³/mol. The number of β-lactam (4-membered cyclic amide) rings is 1. The number of amides is 2.